The second-order valence-electron chi connectivity index (χ2n) is 2.94. The second kappa shape index (κ2) is 6.62. The van der Waals surface area contributed by atoms with E-state index in [0.717, 1.165) is 4.90 Å². The van der Waals surface area contributed by atoms with Crippen LogP contribution in [0, 0.1) is 0 Å². The van der Waals surface area contributed by atoms with E-state index in [2.05, 4.69) is 0 Å². The minimum Gasteiger partial charge on any atom is -0.395 e. The maximum absolute atomic E-state index is 11.8. The van der Waals surface area contributed by atoms with Gasteiger partial charge in [0.2, 0.25) is 5.91 Å². The molecule has 0 unspecified atom stereocenters. The van der Waals surface area contributed by atoms with Gasteiger partial charge in [-0.2, -0.15) is 13.2 Å². The molecule has 90 valence electrons. The molecule has 0 atom stereocenters. The summed E-state index contributed by atoms with van der Waals surface area (Å²) in [4.78, 5) is 12.2. The SMILES string of the molecule is O=C(CCC(F)(F)F)N(CCO)CCO. The first-order chi connectivity index (χ1) is 6.90. The van der Waals surface area contributed by atoms with E-state index in [4.69, 9.17) is 10.2 Å². The van der Waals surface area contributed by atoms with Crippen LogP contribution < -0.4 is 0 Å². The van der Waals surface area contributed by atoms with E-state index in [1.165, 1.54) is 0 Å². The molecular weight excluding hydrogens is 215 g/mol. The van der Waals surface area contributed by atoms with Gasteiger partial charge in [-0.3, -0.25) is 4.79 Å². The van der Waals surface area contributed by atoms with Gasteiger partial charge in [-0.25, -0.2) is 0 Å². The quantitative estimate of drug-likeness (QED) is 0.681. The molecule has 0 aromatic rings. The molecule has 0 aliphatic carbocycles. The summed E-state index contributed by atoms with van der Waals surface area (Å²) in [5.74, 6) is -0.713. The Hall–Kier alpha value is -0.820. The smallest absolute Gasteiger partial charge is 0.389 e. The fourth-order valence-electron chi connectivity index (χ4n) is 1.01. The number of carbonyl (C=O) groups excluding carboxylic acids is 1. The van der Waals surface area contributed by atoms with Crippen LogP contribution in [-0.2, 0) is 4.79 Å². The number of aliphatic hydroxyl groups excluding tert-OH is 2. The van der Waals surface area contributed by atoms with Gasteiger partial charge in [0.25, 0.3) is 0 Å². The van der Waals surface area contributed by atoms with Gasteiger partial charge in [-0.1, -0.05) is 0 Å². The van der Waals surface area contributed by atoms with E-state index in [9.17, 15) is 18.0 Å². The molecular formula is C8H14F3NO3. The van der Waals surface area contributed by atoms with Crippen molar-refractivity contribution in [2.75, 3.05) is 26.3 Å². The summed E-state index contributed by atoms with van der Waals surface area (Å²) in [7, 11) is 0. The topological polar surface area (TPSA) is 60.8 Å². The lowest BCUT2D eigenvalue weighted by Crippen LogP contribution is -2.36. The van der Waals surface area contributed by atoms with Crippen LogP contribution in [0.3, 0.4) is 0 Å². The lowest BCUT2D eigenvalue weighted by Gasteiger charge is -2.20. The molecule has 0 fully saturated rings. The summed E-state index contributed by atoms with van der Waals surface area (Å²) >= 11 is 0. The highest BCUT2D eigenvalue weighted by molar-refractivity contribution is 5.76. The normalized spacial score (nSPS) is 11.5. The van der Waals surface area contributed by atoms with Crippen molar-refractivity contribution in [1.82, 2.24) is 4.90 Å². The number of amides is 1. The van der Waals surface area contributed by atoms with Crippen molar-refractivity contribution >= 4 is 5.91 Å². The zero-order valence-electron chi connectivity index (χ0n) is 8.13. The Bertz CT molecular complexity index is 190. The number of alkyl halides is 3. The first-order valence-corrected chi connectivity index (χ1v) is 4.47. The third-order valence-corrected chi connectivity index (χ3v) is 1.71. The van der Waals surface area contributed by atoms with Crippen molar-refractivity contribution in [3.8, 4) is 0 Å². The monoisotopic (exact) mass is 229 g/mol. The Morgan fingerprint density at radius 2 is 1.60 bits per heavy atom. The Morgan fingerprint density at radius 3 is 1.93 bits per heavy atom. The van der Waals surface area contributed by atoms with Gasteiger partial charge in [0.15, 0.2) is 0 Å². The van der Waals surface area contributed by atoms with E-state index >= 15 is 0 Å². The Morgan fingerprint density at radius 1 is 1.13 bits per heavy atom. The molecule has 0 aromatic carbocycles. The number of hydrogen-bond acceptors (Lipinski definition) is 3. The number of hydrogen-bond donors (Lipinski definition) is 2. The van der Waals surface area contributed by atoms with Crippen LogP contribution >= 0.6 is 0 Å². The molecule has 0 saturated carbocycles. The summed E-state index contributed by atoms with van der Waals surface area (Å²) in [6, 6.07) is 0. The molecule has 0 aliphatic rings. The minimum atomic E-state index is -4.36. The molecule has 4 nitrogen and oxygen atoms in total. The number of carbonyl (C=O) groups is 1. The van der Waals surface area contributed by atoms with Crippen LogP contribution in [0.15, 0.2) is 0 Å². The van der Waals surface area contributed by atoms with Crippen LogP contribution in [0.25, 0.3) is 0 Å². The Balaban J connectivity index is 4.02. The average molecular weight is 229 g/mol. The lowest BCUT2D eigenvalue weighted by molar-refractivity contribution is -0.149. The number of rotatable bonds is 6. The number of aliphatic hydroxyl groups is 2. The third-order valence-electron chi connectivity index (χ3n) is 1.71. The predicted octanol–water partition coefficient (Wildman–Crippen LogP) is 0.142. The molecule has 0 bridgehead atoms. The standard InChI is InChI=1S/C8H14F3NO3/c9-8(10,11)2-1-7(15)12(3-5-13)4-6-14/h13-14H,1-6H2. The third kappa shape index (κ3) is 7.15. The molecule has 0 saturated heterocycles. The molecule has 0 radical (unpaired) electrons. The molecule has 0 aliphatic heterocycles. The zero-order valence-corrected chi connectivity index (χ0v) is 8.13. The summed E-state index contributed by atoms with van der Waals surface area (Å²) in [6.07, 6.45) is -6.19. The van der Waals surface area contributed by atoms with Crippen molar-refractivity contribution in [2.24, 2.45) is 0 Å². The van der Waals surface area contributed by atoms with E-state index in [-0.39, 0.29) is 26.3 Å². The molecule has 0 spiro atoms. The van der Waals surface area contributed by atoms with Crippen LogP contribution in [0.5, 0.6) is 0 Å². The second-order valence-corrected chi connectivity index (χ2v) is 2.94. The predicted molar refractivity (Wildman–Crippen MR) is 46.0 cm³/mol. The lowest BCUT2D eigenvalue weighted by atomic mass is 10.2. The first-order valence-electron chi connectivity index (χ1n) is 4.47. The van der Waals surface area contributed by atoms with Crippen molar-refractivity contribution in [3.05, 3.63) is 0 Å². The molecule has 0 aromatic heterocycles. The summed E-state index contributed by atoms with van der Waals surface area (Å²) in [5, 5.41) is 17.1. The highest BCUT2D eigenvalue weighted by Gasteiger charge is 2.28. The van der Waals surface area contributed by atoms with Crippen LogP contribution in [0.4, 0.5) is 13.2 Å². The fourth-order valence-corrected chi connectivity index (χ4v) is 1.01. The summed E-state index contributed by atoms with van der Waals surface area (Å²) < 4.78 is 35.3. The first kappa shape index (κ1) is 14.2. The van der Waals surface area contributed by atoms with Crippen molar-refractivity contribution in [1.29, 1.82) is 0 Å². The van der Waals surface area contributed by atoms with E-state index in [1.54, 1.807) is 0 Å². The van der Waals surface area contributed by atoms with Crippen LogP contribution in [0.2, 0.25) is 0 Å². The summed E-state index contributed by atoms with van der Waals surface area (Å²) in [6.45, 7) is -0.788. The summed E-state index contributed by atoms with van der Waals surface area (Å²) in [5.41, 5.74) is 0. The molecule has 0 heterocycles. The fraction of sp³-hybridized carbons (Fsp3) is 0.875. The highest BCUT2D eigenvalue weighted by Crippen LogP contribution is 2.21. The Kier molecular flexibility index (Phi) is 6.26. The van der Waals surface area contributed by atoms with Crippen LogP contribution in [0.1, 0.15) is 12.8 Å². The van der Waals surface area contributed by atoms with Gasteiger partial charge in [-0.15, -0.1) is 0 Å². The molecule has 1 amide bonds. The van der Waals surface area contributed by atoms with Crippen molar-refractivity contribution < 1.29 is 28.2 Å². The zero-order chi connectivity index (χ0) is 11.9. The largest absolute Gasteiger partial charge is 0.395 e. The Labute approximate surface area is 85.3 Å². The number of nitrogens with zero attached hydrogens (tertiary/aromatic N) is 1. The van der Waals surface area contributed by atoms with Gasteiger partial charge in [0.05, 0.1) is 19.6 Å². The van der Waals surface area contributed by atoms with Gasteiger partial charge in [-0.05, 0) is 0 Å². The van der Waals surface area contributed by atoms with Gasteiger partial charge in [0.1, 0.15) is 0 Å². The number of halogens is 3. The highest BCUT2D eigenvalue weighted by atomic mass is 19.4. The van der Waals surface area contributed by atoms with Gasteiger partial charge < -0.3 is 15.1 Å². The molecule has 0 rings (SSSR count). The van der Waals surface area contributed by atoms with E-state index in [0.29, 0.717) is 0 Å². The van der Waals surface area contributed by atoms with Crippen molar-refractivity contribution in [3.63, 3.8) is 0 Å². The van der Waals surface area contributed by atoms with Gasteiger partial charge in [0, 0.05) is 19.5 Å². The van der Waals surface area contributed by atoms with E-state index < -0.39 is 24.9 Å². The minimum absolute atomic E-state index is 0.0583. The van der Waals surface area contributed by atoms with Crippen LogP contribution in [-0.4, -0.2) is 53.5 Å². The van der Waals surface area contributed by atoms with E-state index in [1.807, 2.05) is 0 Å². The molecule has 7 heteroatoms. The van der Waals surface area contributed by atoms with Gasteiger partial charge >= 0.3 is 6.18 Å². The maximum Gasteiger partial charge on any atom is 0.389 e. The average Bonchev–Trinajstić information content (AvgIpc) is 2.13. The molecule has 2 N–H and O–H groups in total. The van der Waals surface area contributed by atoms with Crippen molar-refractivity contribution in [2.45, 2.75) is 19.0 Å². The molecule has 15 heavy (non-hydrogen) atoms. The maximum atomic E-state index is 11.8.